The highest BCUT2D eigenvalue weighted by atomic mass is 16.5. The lowest BCUT2D eigenvalue weighted by Gasteiger charge is -2.25. The van der Waals surface area contributed by atoms with Crippen molar-refractivity contribution in [3.05, 3.63) is 94.3 Å². The van der Waals surface area contributed by atoms with E-state index < -0.39 is 11.7 Å². The summed E-state index contributed by atoms with van der Waals surface area (Å²) in [6, 6.07) is 13.6. The van der Waals surface area contributed by atoms with E-state index in [0.29, 0.717) is 66.1 Å². The largest absolute Gasteiger partial charge is 0.508 e. The van der Waals surface area contributed by atoms with Crippen LogP contribution in [0.3, 0.4) is 0 Å². The molecule has 0 saturated heterocycles. The Labute approximate surface area is 250 Å². The first-order valence-electron chi connectivity index (χ1n) is 13.9. The summed E-state index contributed by atoms with van der Waals surface area (Å²) < 4.78 is 21.2. The number of carbonyl (C=O) groups excluding carboxylic acids is 2. The van der Waals surface area contributed by atoms with E-state index >= 15 is 0 Å². The molecule has 226 valence electrons. The number of phenolic OH excluding ortho intramolecular Hbond substituents is 3. The Balaban J connectivity index is 1.67. The van der Waals surface area contributed by atoms with Gasteiger partial charge in [0, 0.05) is 29.2 Å². The number of hydrogen-bond donors (Lipinski definition) is 3. The zero-order valence-electron chi connectivity index (χ0n) is 24.7. The van der Waals surface area contributed by atoms with Gasteiger partial charge in [0.15, 0.2) is 34.5 Å². The third kappa shape index (κ3) is 7.12. The molecule has 43 heavy (non-hydrogen) atoms. The van der Waals surface area contributed by atoms with Crippen LogP contribution in [-0.4, -0.2) is 55.3 Å². The molecule has 3 N–H and O–H groups in total. The maximum absolute atomic E-state index is 13.3. The highest BCUT2D eigenvalue weighted by Crippen LogP contribution is 2.41. The number of aryl methyl sites for hydroxylation is 3. The monoisotopic (exact) mass is 588 g/mol. The summed E-state index contributed by atoms with van der Waals surface area (Å²) in [5.41, 5.74) is 3.46. The Kier molecular flexibility index (Phi) is 9.98. The summed E-state index contributed by atoms with van der Waals surface area (Å²) >= 11 is 0. The average Bonchev–Trinajstić information content (AvgIpc) is 3.01. The molecule has 3 aromatic carbocycles. The van der Waals surface area contributed by atoms with Crippen LogP contribution in [0.15, 0.2) is 72.0 Å². The predicted octanol–water partition coefficient (Wildman–Crippen LogP) is 5.33. The lowest BCUT2D eigenvalue weighted by molar-refractivity contribution is -0.117. The van der Waals surface area contributed by atoms with E-state index in [1.165, 1.54) is 46.7 Å². The number of methoxy groups -OCH3 is 4. The Morgan fingerprint density at radius 3 is 1.81 bits per heavy atom. The molecule has 0 amide bonds. The van der Waals surface area contributed by atoms with Crippen molar-refractivity contribution >= 4 is 11.6 Å². The van der Waals surface area contributed by atoms with Crippen LogP contribution in [0.5, 0.6) is 34.5 Å². The second-order valence-corrected chi connectivity index (χ2v) is 10.2. The van der Waals surface area contributed by atoms with Crippen LogP contribution in [-0.2, 0) is 33.6 Å². The zero-order valence-corrected chi connectivity index (χ0v) is 24.7. The Bertz CT molecular complexity index is 1570. The highest BCUT2D eigenvalue weighted by molar-refractivity contribution is 6.19. The van der Waals surface area contributed by atoms with Crippen molar-refractivity contribution in [3.63, 3.8) is 0 Å². The third-order valence-electron chi connectivity index (χ3n) is 7.60. The Hall–Kier alpha value is -4.92. The first-order chi connectivity index (χ1) is 20.7. The fourth-order valence-corrected chi connectivity index (χ4v) is 5.30. The van der Waals surface area contributed by atoms with Crippen molar-refractivity contribution in [1.82, 2.24) is 0 Å². The smallest absolute Gasteiger partial charge is 0.220 e. The number of aromatic hydroxyl groups is 3. The maximum atomic E-state index is 13.3. The third-order valence-corrected chi connectivity index (χ3v) is 7.60. The van der Waals surface area contributed by atoms with Gasteiger partial charge in [-0.2, -0.15) is 0 Å². The summed E-state index contributed by atoms with van der Waals surface area (Å²) in [6.07, 6.45) is 5.30. The van der Waals surface area contributed by atoms with E-state index in [9.17, 15) is 24.9 Å². The van der Waals surface area contributed by atoms with Crippen molar-refractivity contribution in [2.45, 2.75) is 38.0 Å². The minimum absolute atomic E-state index is 0.0198. The van der Waals surface area contributed by atoms with Crippen LogP contribution >= 0.6 is 0 Å². The van der Waals surface area contributed by atoms with E-state index in [1.807, 2.05) is 12.1 Å². The van der Waals surface area contributed by atoms with E-state index in [4.69, 9.17) is 18.9 Å². The number of ether oxygens (including phenoxy) is 4. The van der Waals surface area contributed by atoms with Crippen LogP contribution in [0, 0.1) is 0 Å². The fraction of sp³-hybridized carbons (Fsp3) is 0.294. The lowest BCUT2D eigenvalue weighted by atomic mass is 9.80. The van der Waals surface area contributed by atoms with Gasteiger partial charge in [0.2, 0.25) is 5.78 Å². The predicted molar refractivity (Wildman–Crippen MR) is 160 cm³/mol. The SMILES string of the molecule is COC1=CC(=O)C(C(CCc2ccc(O)c(OC)c2)c2cc(CCCc3ccc(O)c(OC)c3)c(O)cc2OC)=CC1=O. The zero-order chi connectivity index (χ0) is 31.1. The minimum atomic E-state index is -0.554. The number of carbonyl (C=O) groups is 2. The molecule has 0 aromatic heterocycles. The maximum Gasteiger partial charge on any atom is 0.220 e. The first-order valence-corrected chi connectivity index (χ1v) is 13.9. The van der Waals surface area contributed by atoms with Crippen LogP contribution in [0.25, 0.3) is 0 Å². The van der Waals surface area contributed by atoms with Crippen molar-refractivity contribution in [2.75, 3.05) is 28.4 Å². The molecule has 0 saturated carbocycles. The van der Waals surface area contributed by atoms with Gasteiger partial charge in [-0.05, 0) is 85.2 Å². The molecule has 0 bridgehead atoms. The van der Waals surface area contributed by atoms with E-state index in [1.54, 1.807) is 30.3 Å². The molecule has 0 aliphatic heterocycles. The van der Waals surface area contributed by atoms with Crippen LogP contribution in [0.2, 0.25) is 0 Å². The lowest BCUT2D eigenvalue weighted by Crippen LogP contribution is -2.20. The number of benzene rings is 3. The summed E-state index contributed by atoms with van der Waals surface area (Å²) in [4.78, 5) is 26.1. The molecule has 0 radical (unpaired) electrons. The van der Waals surface area contributed by atoms with E-state index in [2.05, 4.69) is 0 Å². The van der Waals surface area contributed by atoms with Gasteiger partial charge in [0.25, 0.3) is 0 Å². The van der Waals surface area contributed by atoms with Crippen LogP contribution in [0.1, 0.15) is 41.0 Å². The summed E-state index contributed by atoms with van der Waals surface area (Å²) in [5, 5.41) is 30.8. The van der Waals surface area contributed by atoms with E-state index in [0.717, 1.165) is 11.1 Å². The minimum Gasteiger partial charge on any atom is -0.508 e. The Morgan fingerprint density at radius 1 is 0.628 bits per heavy atom. The molecule has 0 heterocycles. The van der Waals surface area contributed by atoms with Crippen LogP contribution in [0.4, 0.5) is 0 Å². The van der Waals surface area contributed by atoms with Gasteiger partial charge < -0.3 is 34.3 Å². The normalized spacial score (nSPS) is 13.7. The highest BCUT2D eigenvalue weighted by Gasteiger charge is 2.30. The number of ketones is 2. The number of phenols is 3. The number of allylic oxidation sites excluding steroid dienone is 3. The molecule has 0 fully saturated rings. The van der Waals surface area contributed by atoms with Crippen molar-refractivity contribution in [1.29, 1.82) is 0 Å². The molecule has 3 aromatic rings. The topological polar surface area (TPSA) is 132 Å². The molecule has 1 unspecified atom stereocenters. The second kappa shape index (κ2) is 13.8. The Morgan fingerprint density at radius 2 is 1.23 bits per heavy atom. The second-order valence-electron chi connectivity index (χ2n) is 10.2. The van der Waals surface area contributed by atoms with Gasteiger partial charge in [0.1, 0.15) is 11.5 Å². The molecule has 1 aliphatic carbocycles. The van der Waals surface area contributed by atoms with Gasteiger partial charge in [0.05, 0.1) is 28.4 Å². The van der Waals surface area contributed by atoms with Crippen molar-refractivity contribution in [2.24, 2.45) is 0 Å². The molecular weight excluding hydrogens is 552 g/mol. The van der Waals surface area contributed by atoms with Gasteiger partial charge in [-0.3, -0.25) is 9.59 Å². The fourth-order valence-electron chi connectivity index (χ4n) is 5.30. The summed E-state index contributed by atoms with van der Waals surface area (Å²) in [7, 11) is 5.80. The first kappa shape index (κ1) is 31.0. The molecule has 4 rings (SSSR count). The van der Waals surface area contributed by atoms with E-state index in [-0.39, 0.29) is 28.8 Å². The molecule has 1 atom stereocenters. The van der Waals surface area contributed by atoms with Crippen molar-refractivity contribution in [3.8, 4) is 34.5 Å². The molecule has 0 spiro atoms. The number of rotatable bonds is 13. The van der Waals surface area contributed by atoms with Gasteiger partial charge in [-0.15, -0.1) is 0 Å². The quantitative estimate of drug-likeness (QED) is 0.227. The van der Waals surface area contributed by atoms with Gasteiger partial charge in [-0.25, -0.2) is 0 Å². The summed E-state index contributed by atoms with van der Waals surface area (Å²) in [6.45, 7) is 0. The standard InChI is InChI=1S/C34H36O9/c1-40-31-18-28(37)22(7-5-6-20-9-12-26(35)32(14-20)41-2)16-25(31)23(24-17-30(39)34(43-4)19-29(24)38)11-8-21-10-13-27(36)33(15-21)42-3/h9-10,12-19,23,35-37H,5-8,11H2,1-4H3. The number of hydrogen-bond acceptors (Lipinski definition) is 9. The average molecular weight is 589 g/mol. The molecule has 9 heteroatoms. The molecule has 9 nitrogen and oxygen atoms in total. The summed E-state index contributed by atoms with van der Waals surface area (Å²) in [5.74, 6) is -0.0651. The van der Waals surface area contributed by atoms with Gasteiger partial charge in [-0.1, -0.05) is 12.1 Å². The molecular formula is C34H36O9. The van der Waals surface area contributed by atoms with Gasteiger partial charge >= 0.3 is 0 Å². The molecule has 1 aliphatic rings. The van der Waals surface area contributed by atoms with Crippen molar-refractivity contribution < 1.29 is 43.9 Å². The van der Waals surface area contributed by atoms with Crippen LogP contribution < -0.4 is 14.2 Å².